The van der Waals surface area contributed by atoms with Crippen LogP contribution in [0, 0.1) is 0 Å². The van der Waals surface area contributed by atoms with Gasteiger partial charge in [0.2, 0.25) is 0 Å². The molecule has 0 amide bonds. The standard InChI is InChI=1S/C13H18O3S/c1-17(15,16)9-6-11-2-4-12(5-3-11)10-13(14)7-8-13/h2-5,14H,6-10H2,1H3. The summed E-state index contributed by atoms with van der Waals surface area (Å²) in [5.74, 6) is 0.191. The molecule has 1 aliphatic rings. The van der Waals surface area contributed by atoms with Gasteiger partial charge in [0.1, 0.15) is 9.84 Å². The van der Waals surface area contributed by atoms with Crippen molar-refractivity contribution in [3.05, 3.63) is 35.4 Å². The monoisotopic (exact) mass is 254 g/mol. The Morgan fingerprint density at radius 1 is 1.18 bits per heavy atom. The molecule has 1 N–H and O–H groups in total. The predicted molar refractivity (Wildman–Crippen MR) is 67.7 cm³/mol. The van der Waals surface area contributed by atoms with Crippen LogP contribution >= 0.6 is 0 Å². The summed E-state index contributed by atoms with van der Waals surface area (Å²) in [7, 11) is -2.89. The van der Waals surface area contributed by atoms with Crippen LogP contribution in [-0.4, -0.2) is 31.1 Å². The van der Waals surface area contributed by atoms with Gasteiger partial charge in [-0.25, -0.2) is 8.42 Å². The van der Waals surface area contributed by atoms with E-state index in [-0.39, 0.29) is 5.75 Å². The summed E-state index contributed by atoms with van der Waals surface area (Å²) in [4.78, 5) is 0. The first-order chi connectivity index (χ1) is 7.86. The number of aliphatic hydroxyl groups is 1. The molecule has 94 valence electrons. The Labute approximate surface area is 102 Å². The molecule has 0 unspecified atom stereocenters. The van der Waals surface area contributed by atoms with Crippen molar-refractivity contribution in [1.29, 1.82) is 0 Å². The van der Waals surface area contributed by atoms with E-state index in [1.807, 2.05) is 24.3 Å². The molecule has 0 atom stereocenters. The van der Waals surface area contributed by atoms with E-state index < -0.39 is 15.4 Å². The number of hydrogen-bond donors (Lipinski definition) is 1. The molecular weight excluding hydrogens is 236 g/mol. The maximum Gasteiger partial charge on any atom is 0.147 e. The van der Waals surface area contributed by atoms with Gasteiger partial charge in [0.15, 0.2) is 0 Å². The number of rotatable bonds is 5. The van der Waals surface area contributed by atoms with E-state index in [0.717, 1.165) is 24.0 Å². The van der Waals surface area contributed by atoms with E-state index in [1.165, 1.54) is 6.26 Å². The van der Waals surface area contributed by atoms with Crippen LogP contribution in [0.4, 0.5) is 0 Å². The second kappa shape index (κ2) is 4.42. The molecule has 0 aromatic heterocycles. The molecule has 0 spiro atoms. The Morgan fingerprint density at radius 3 is 2.18 bits per heavy atom. The van der Waals surface area contributed by atoms with Gasteiger partial charge in [0, 0.05) is 12.7 Å². The highest BCUT2D eigenvalue weighted by Crippen LogP contribution is 2.38. The van der Waals surface area contributed by atoms with Crippen molar-refractivity contribution >= 4 is 9.84 Å². The molecule has 1 aromatic rings. The predicted octanol–water partition coefficient (Wildman–Crippen LogP) is 1.34. The Morgan fingerprint density at radius 2 is 1.71 bits per heavy atom. The van der Waals surface area contributed by atoms with Crippen LogP contribution in [0.2, 0.25) is 0 Å². The number of sulfone groups is 1. The van der Waals surface area contributed by atoms with Crippen LogP contribution in [0.25, 0.3) is 0 Å². The van der Waals surface area contributed by atoms with Crippen molar-refractivity contribution in [3.63, 3.8) is 0 Å². The lowest BCUT2D eigenvalue weighted by Gasteiger charge is -2.08. The Hall–Kier alpha value is -0.870. The van der Waals surface area contributed by atoms with Gasteiger partial charge in [0.05, 0.1) is 11.4 Å². The van der Waals surface area contributed by atoms with Crippen LogP contribution in [0.15, 0.2) is 24.3 Å². The van der Waals surface area contributed by atoms with Gasteiger partial charge in [-0.3, -0.25) is 0 Å². The third-order valence-corrected chi connectivity index (χ3v) is 4.09. The maximum absolute atomic E-state index is 11.0. The summed E-state index contributed by atoms with van der Waals surface area (Å²) in [6.45, 7) is 0. The van der Waals surface area contributed by atoms with E-state index in [9.17, 15) is 13.5 Å². The van der Waals surface area contributed by atoms with E-state index in [4.69, 9.17) is 0 Å². The molecule has 1 aromatic carbocycles. The fourth-order valence-corrected chi connectivity index (χ4v) is 2.43. The molecule has 17 heavy (non-hydrogen) atoms. The van der Waals surface area contributed by atoms with Gasteiger partial charge in [-0.1, -0.05) is 24.3 Å². The van der Waals surface area contributed by atoms with E-state index >= 15 is 0 Å². The molecule has 2 rings (SSSR count). The van der Waals surface area contributed by atoms with Crippen LogP contribution in [-0.2, 0) is 22.7 Å². The smallest absolute Gasteiger partial charge is 0.147 e. The van der Waals surface area contributed by atoms with Crippen molar-refractivity contribution < 1.29 is 13.5 Å². The molecule has 0 radical (unpaired) electrons. The Kier molecular flexibility index (Phi) is 3.27. The maximum atomic E-state index is 11.0. The molecule has 0 bridgehead atoms. The minimum atomic E-state index is -2.89. The van der Waals surface area contributed by atoms with E-state index in [1.54, 1.807) is 0 Å². The SMILES string of the molecule is CS(=O)(=O)CCc1ccc(CC2(O)CC2)cc1. The largest absolute Gasteiger partial charge is 0.390 e. The van der Waals surface area contributed by atoms with Crippen molar-refractivity contribution in [2.24, 2.45) is 0 Å². The highest BCUT2D eigenvalue weighted by atomic mass is 32.2. The lowest BCUT2D eigenvalue weighted by atomic mass is 10.0. The van der Waals surface area contributed by atoms with Gasteiger partial charge in [0.25, 0.3) is 0 Å². The lowest BCUT2D eigenvalue weighted by molar-refractivity contribution is 0.151. The van der Waals surface area contributed by atoms with Crippen molar-refractivity contribution in [3.8, 4) is 0 Å². The molecule has 0 heterocycles. The molecule has 0 saturated heterocycles. The summed E-state index contributed by atoms with van der Waals surface area (Å²) >= 11 is 0. The fraction of sp³-hybridized carbons (Fsp3) is 0.538. The third-order valence-electron chi connectivity index (χ3n) is 3.14. The minimum absolute atomic E-state index is 0.191. The van der Waals surface area contributed by atoms with Crippen LogP contribution in [0.3, 0.4) is 0 Å². The van der Waals surface area contributed by atoms with Gasteiger partial charge >= 0.3 is 0 Å². The molecule has 0 aliphatic heterocycles. The van der Waals surface area contributed by atoms with Gasteiger partial charge in [-0.05, 0) is 30.4 Å². The van der Waals surface area contributed by atoms with E-state index in [0.29, 0.717) is 12.8 Å². The van der Waals surface area contributed by atoms with Crippen LogP contribution in [0.5, 0.6) is 0 Å². The summed E-state index contributed by atoms with van der Waals surface area (Å²) in [6.07, 6.45) is 4.30. The van der Waals surface area contributed by atoms with Gasteiger partial charge in [-0.2, -0.15) is 0 Å². The fourth-order valence-electron chi connectivity index (χ4n) is 1.83. The van der Waals surface area contributed by atoms with E-state index in [2.05, 4.69) is 0 Å². The number of benzene rings is 1. The second-order valence-corrected chi connectivity index (χ2v) is 7.36. The summed E-state index contributed by atoms with van der Waals surface area (Å²) in [5, 5.41) is 9.78. The van der Waals surface area contributed by atoms with Gasteiger partial charge in [-0.15, -0.1) is 0 Å². The minimum Gasteiger partial charge on any atom is -0.390 e. The summed E-state index contributed by atoms with van der Waals surface area (Å²) in [6, 6.07) is 7.86. The molecular formula is C13H18O3S. The topological polar surface area (TPSA) is 54.4 Å². The zero-order valence-corrected chi connectivity index (χ0v) is 10.8. The summed E-state index contributed by atoms with van der Waals surface area (Å²) < 4.78 is 22.1. The summed E-state index contributed by atoms with van der Waals surface area (Å²) in [5.41, 5.74) is 1.68. The quantitative estimate of drug-likeness (QED) is 0.862. The zero-order chi connectivity index (χ0) is 12.5. The van der Waals surface area contributed by atoms with Gasteiger partial charge < -0.3 is 5.11 Å². The van der Waals surface area contributed by atoms with Crippen molar-refractivity contribution in [1.82, 2.24) is 0 Å². The Bertz CT molecular complexity index is 484. The van der Waals surface area contributed by atoms with Crippen LogP contribution in [0.1, 0.15) is 24.0 Å². The highest BCUT2D eigenvalue weighted by molar-refractivity contribution is 7.90. The third kappa shape index (κ3) is 4.13. The lowest BCUT2D eigenvalue weighted by Crippen LogP contribution is -2.10. The average molecular weight is 254 g/mol. The second-order valence-electron chi connectivity index (χ2n) is 5.10. The first kappa shape index (κ1) is 12.6. The molecule has 3 nitrogen and oxygen atoms in total. The average Bonchev–Trinajstić information content (AvgIpc) is 2.94. The Balaban J connectivity index is 1.93. The number of hydrogen-bond acceptors (Lipinski definition) is 3. The van der Waals surface area contributed by atoms with Crippen LogP contribution < -0.4 is 0 Å². The molecule has 1 aliphatic carbocycles. The molecule has 1 saturated carbocycles. The molecule has 1 fully saturated rings. The number of aryl methyl sites for hydroxylation is 1. The normalized spacial score (nSPS) is 18.0. The highest BCUT2D eigenvalue weighted by Gasteiger charge is 2.39. The first-order valence-electron chi connectivity index (χ1n) is 5.84. The first-order valence-corrected chi connectivity index (χ1v) is 7.90. The van der Waals surface area contributed by atoms with Crippen molar-refractivity contribution in [2.45, 2.75) is 31.3 Å². The van der Waals surface area contributed by atoms with Crippen molar-refractivity contribution in [2.75, 3.05) is 12.0 Å². The molecule has 4 heteroatoms. The zero-order valence-electron chi connectivity index (χ0n) is 10.0.